The molecule has 0 spiro atoms. The van der Waals surface area contributed by atoms with Gasteiger partial charge in [-0.25, -0.2) is 0 Å². The standard InChI is InChI=1S/C38H31NO2/c1-37(2,3)29-15-10-13-27-35(40)26-18-17-22(21-32(26)41-36(27)29)39-30-16-9-7-12-25(30)33-31(39)20-19-24-23-11-6-8-14-28(23)38(4,5)34(24)33/h6-21H,1-5H3. The molecule has 41 heavy (non-hydrogen) atoms. The molecule has 3 heteroatoms. The van der Waals surface area contributed by atoms with Crippen LogP contribution in [-0.4, -0.2) is 4.57 Å². The minimum Gasteiger partial charge on any atom is -0.455 e. The first-order valence-corrected chi connectivity index (χ1v) is 14.3. The van der Waals surface area contributed by atoms with Crippen molar-refractivity contribution in [3.8, 4) is 16.8 Å². The zero-order valence-corrected chi connectivity index (χ0v) is 24.0. The number of para-hydroxylation sites is 2. The maximum absolute atomic E-state index is 13.6. The predicted octanol–water partition coefficient (Wildman–Crippen LogP) is 9.65. The molecule has 0 saturated heterocycles. The van der Waals surface area contributed by atoms with E-state index in [1.165, 1.54) is 33.0 Å². The first-order chi connectivity index (χ1) is 19.7. The van der Waals surface area contributed by atoms with Gasteiger partial charge in [-0.1, -0.05) is 95.3 Å². The van der Waals surface area contributed by atoms with Crippen LogP contribution in [0.25, 0.3) is 60.6 Å². The lowest BCUT2D eigenvalue weighted by Crippen LogP contribution is -2.15. The molecule has 0 amide bonds. The van der Waals surface area contributed by atoms with Crippen LogP contribution in [0, 0.1) is 0 Å². The molecule has 0 fully saturated rings. The van der Waals surface area contributed by atoms with Crippen LogP contribution in [0.5, 0.6) is 0 Å². The van der Waals surface area contributed by atoms with Crippen LogP contribution < -0.4 is 5.43 Å². The van der Waals surface area contributed by atoms with E-state index < -0.39 is 0 Å². The van der Waals surface area contributed by atoms with Crippen LogP contribution in [0.3, 0.4) is 0 Å². The highest BCUT2D eigenvalue weighted by molar-refractivity contribution is 6.14. The second kappa shape index (κ2) is 7.98. The number of nitrogens with zero attached hydrogens (tertiary/aromatic N) is 1. The third-order valence-electron chi connectivity index (χ3n) is 9.10. The van der Waals surface area contributed by atoms with Gasteiger partial charge in [-0.3, -0.25) is 4.79 Å². The van der Waals surface area contributed by atoms with Gasteiger partial charge in [0.05, 0.1) is 21.8 Å². The summed E-state index contributed by atoms with van der Waals surface area (Å²) in [6, 6.07) is 33.9. The lowest BCUT2D eigenvalue weighted by molar-refractivity contribution is 0.570. The third kappa shape index (κ3) is 3.18. The molecule has 2 heterocycles. The van der Waals surface area contributed by atoms with Crippen molar-refractivity contribution < 1.29 is 4.42 Å². The number of rotatable bonds is 1. The van der Waals surface area contributed by atoms with Crippen LogP contribution in [0.15, 0.2) is 106 Å². The summed E-state index contributed by atoms with van der Waals surface area (Å²) in [6.07, 6.45) is 0. The maximum atomic E-state index is 13.6. The van der Waals surface area contributed by atoms with Crippen LogP contribution in [-0.2, 0) is 10.8 Å². The maximum Gasteiger partial charge on any atom is 0.200 e. The second-order valence-electron chi connectivity index (χ2n) is 12.9. The Morgan fingerprint density at radius 3 is 2.29 bits per heavy atom. The van der Waals surface area contributed by atoms with Crippen molar-refractivity contribution in [1.82, 2.24) is 4.57 Å². The smallest absolute Gasteiger partial charge is 0.200 e. The Morgan fingerprint density at radius 2 is 1.46 bits per heavy atom. The molecule has 0 atom stereocenters. The molecular formula is C38H31NO2. The minimum absolute atomic E-state index is 0.0125. The van der Waals surface area contributed by atoms with E-state index in [2.05, 4.69) is 112 Å². The fourth-order valence-corrected chi connectivity index (χ4v) is 7.20. The Hall–Kier alpha value is -4.63. The quantitative estimate of drug-likeness (QED) is 0.197. The molecule has 0 radical (unpaired) electrons. The Labute approximate surface area is 238 Å². The van der Waals surface area contributed by atoms with Crippen molar-refractivity contribution in [2.45, 2.75) is 45.4 Å². The molecule has 0 aliphatic heterocycles. The van der Waals surface area contributed by atoms with Crippen LogP contribution in [0.1, 0.15) is 51.3 Å². The topological polar surface area (TPSA) is 35.1 Å². The highest BCUT2D eigenvalue weighted by Crippen LogP contribution is 2.53. The van der Waals surface area contributed by atoms with Gasteiger partial charge in [-0.2, -0.15) is 0 Å². The van der Waals surface area contributed by atoms with E-state index in [9.17, 15) is 4.79 Å². The monoisotopic (exact) mass is 533 g/mol. The van der Waals surface area contributed by atoms with Crippen LogP contribution in [0.2, 0.25) is 0 Å². The minimum atomic E-state index is -0.154. The van der Waals surface area contributed by atoms with Gasteiger partial charge in [0.1, 0.15) is 11.2 Å². The number of hydrogen-bond acceptors (Lipinski definition) is 2. The zero-order chi connectivity index (χ0) is 28.3. The zero-order valence-electron chi connectivity index (χ0n) is 24.0. The highest BCUT2D eigenvalue weighted by Gasteiger charge is 2.38. The van der Waals surface area contributed by atoms with Crippen molar-refractivity contribution in [2.75, 3.05) is 0 Å². The van der Waals surface area contributed by atoms with Gasteiger partial charge < -0.3 is 8.98 Å². The van der Waals surface area contributed by atoms with E-state index in [4.69, 9.17) is 4.42 Å². The molecule has 1 aliphatic carbocycles. The van der Waals surface area contributed by atoms with Crippen LogP contribution in [0.4, 0.5) is 0 Å². The molecule has 0 bridgehead atoms. The Kier molecular flexibility index (Phi) is 4.71. The molecule has 5 aromatic carbocycles. The van der Waals surface area contributed by atoms with E-state index in [0.29, 0.717) is 21.9 Å². The number of fused-ring (bicyclic) bond motifs is 9. The van der Waals surface area contributed by atoms with E-state index in [0.717, 1.165) is 22.3 Å². The van der Waals surface area contributed by atoms with E-state index >= 15 is 0 Å². The Morgan fingerprint density at radius 1 is 0.707 bits per heavy atom. The Balaban J connectivity index is 1.46. The molecule has 200 valence electrons. The number of benzene rings is 5. The Bertz CT molecular complexity index is 2290. The summed E-state index contributed by atoms with van der Waals surface area (Å²) < 4.78 is 8.91. The van der Waals surface area contributed by atoms with Crippen molar-refractivity contribution in [3.63, 3.8) is 0 Å². The normalized spacial score (nSPS) is 14.3. The van der Waals surface area contributed by atoms with E-state index in [1.807, 2.05) is 24.3 Å². The second-order valence-corrected chi connectivity index (χ2v) is 12.9. The first kappa shape index (κ1) is 24.2. The summed E-state index contributed by atoms with van der Waals surface area (Å²) in [5.74, 6) is 0. The summed E-state index contributed by atoms with van der Waals surface area (Å²) in [7, 11) is 0. The van der Waals surface area contributed by atoms with Crippen LogP contribution >= 0.6 is 0 Å². The molecule has 0 unspecified atom stereocenters. The lowest BCUT2D eigenvalue weighted by Gasteiger charge is -2.22. The molecule has 7 aromatic rings. The summed E-state index contributed by atoms with van der Waals surface area (Å²) in [5, 5.41) is 3.75. The molecule has 0 N–H and O–H groups in total. The molecule has 1 aliphatic rings. The largest absolute Gasteiger partial charge is 0.455 e. The average molecular weight is 534 g/mol. The fourth-order valence-electron chi connectivity index (χ4n) is 7.20. The summed E-state index contributed by atoms with van der Waals surface area (Å²) in [4.78, 5) is 13.6. The molecular weight excluding hydrogens is 502 g/mol. The average Bonchev–Trinajstić information content (AvgIpc) is 3.41. The number of hydrogen-bond donors (Lipinski definition) is 0. The summed E-state index contributed by atoms with van der Waals surface area (Å²) in [6.45, 7) is 11.1. The van der Waals surface area contributed by atoms with Crippen molar-refractivity contribution in [1.29, 1.82) is 0 Å². The van der Waals surface area contributed by atoms with Gasteiger partial charge in [0.2, 0.25) is 5.43 Å². The third-order valence-corrected chi connectivity index (χ3v) is 9.10. The molecule has 8 rings (SSSR count). The molecule has 3 nitrogen and oxygen atoms in total. The van der Waals surface area contributed by atoms with E-state index in [-0.39, 0.29) is 16.3 Å². The highest BCUT2D eigenvalue weighted by atomic mass is 16.3. The van der Waals surface area contributed by atoms with Gasteiger partial charge in [0.25, 0.3) is 0 Å². The fraction of sp³-hybridized carbons (Fsp3) is 0.184. The SMILES string of the molecule is CC(C)(C)c1cccc2c(=O)c3ccc(-n4c5ccccc5c5c6c(ccc54)-c4ccccc4C6(C)C)cc3oc12. The van der Waals surface area contributed by atoms with Gasteiger partial charge in [0.15, 0.2) is 0 Å². The van der Waals surface area contributed by atoms with Crippen molar-refractivity contribution >= 4 is 43.7 Å². The summed E-state index contributed by atoms with van der Waals surface area (Å²) in [5.41, 5.74) is 10.7. The van der Waals surface area contributed by atoms with Crippen molar-refractivity contribution in [2.24, 2.45) is 0 Å². The van der Waals surface area contributed by atoms with E-state index in [1.54, 1.807) is 0 Å². The van der Waals surface area contributed by atoms with Gasteiger partial charge >= 0.3 is 0 Å². The summed E-state index contributed by atoms with van der Waals surface area (Å²) >= 11 is 0. The first-order valence-electron chi connectivity index (χ1n) is 14.3. The predicted molar refractivity (Wildman–Crippen MR) is 171 cm³/mol. The van der Waals surface area contributed by atoms with Gasteiger partial charge in [0, 0.05) is 33.5 Å². The molecule has 0 saturated carbocycles. The van der Waals surface area contributed by atoms with Gasteiger partial charge in [-0.05, 0) is 58.0 Å². The lowest BCUT2D eigenvalue weighted by atomic mass is 9.80. The van der Waals surface area contributed by atoms with Gasteiger partial charge in [-0.15, -0.1) is 0 Å². The molecule has 2 aromatic heterocycles. The number of aromatic nitrogens is 1. The van der Waals surface area contributed by atoms with Crippen molar-refractivity contribution in [3.05, 3.63) is 124 Å².